The highest BCUT2D eigenvalue weighted by molar-refractivity contribution is 5.92. The lowest BCUT2D eigenvalue weighted by Crippen LogP contribution is -2.27. The lowest BCUT2D eigenvalue weighted by Gasteiger charge is -2.09. The smallest absolute Gasteiger partial charge is 0.408 e. The molecule has 0 saturated heterocycles. The number of anilines is 2. The molecule has 0 spiro atoms. The van der Waals surface area contributed by atoms with Crippen LogP contribution in [-0.2, 0) is 11.3 Å². The number of hydrogen-bond donors (Lipinski definition) is 3. The Morgan fingerprint density at radius 3 is 2.88 bits per heavy atom. The predicted molar refractivity (Wildman–Crippen MR) is 88.2 cm³/mol. The maximum atomic E-state index is 12.1. The third-order valence-corrected chi connectivity index (χ3v) is 3.19. The van der Waals surface area contributed by atoms with Gasteiger partial charge in [-0.15, -0.1) is 5.10 Å². The summed E-state index contributed by atoms with van der Waals surface area (Å²) in [5.41, 5.74) is 1.38. The molecule has 0 radical (unpaired) electrons. The van der Waals surface area contributed by atoms with Gasteiger partial charge < -0.3 is 14.6 Å². The molecular formula is C14H15N7O4. The van der Waals surface area contributed by atoms with Gasteiger partial charge in [-0.3, -0.25) is 15.1 Å². The molecule has 2 aromatic heterocycles. The van der Waals surface area contributed by atoms with Crippen LogP contribution < -0.4 is 16.4 Å². The first kappa shape index (κ1) is 16.2. The molecule has 0 aliphatic rings. The summed E-state index contributed by atoms with van der Waals surface area (Å²) in [6, 6.07) is 4.43. The fraction of sp³-hybridized carbons (Fsp3) is 0.214. The highest BCUT2D eigenvalue weighted by atomic mass is 16.4. The van der Waals surface area contributed by atoms with Gasteiger partial charge in [-0.2, -0.15) is 0 Å². The van der Waals surface area contributed by atoms with Crippen LogP contribution in [0.4, 0.5) is 16.3 Å². The number of nitrogens with zero attached hydrogens (tertiary/aromatic N) is 4. The molecular weight excluding hydrogens is 330 g/mol. The van der Waals surface area contributed by atoms with Crippen LogP contribution in [0.15, 0.2) is 33.6 Å². The number of hydrogen-bond acceptors (Lipinski definition) is 6. The predicted octanol–water partition coefficient (Wildman–Crippen LogP) is 0.445. The largest absolute Gasteiger partial charge is 0.417 e. The van der Waals surface area contributed by atoms with Crippen LogP contribution in [0, 0.1) is 0 Å². The second kappa shape index (κ2) is 6.47. The number of carbonyl (C=O) groups excluding carboxylic acids is 2. The number of aromatic amines is 1. The zero-order valence-electron chi connectivity index (χ0n) is 13.4. The van der Waals surface area contributed by atoms with Crippen molar-refractivity contribution in [3.8, 4) is 0 Å². The quantitative estimate of drug-likeness (QED) is 0.627. The number of fused-ring (bicyclic) bond motifs is 1. The van der Waals surface area contributed by atoms with Crippen LogP contribution in [0.2, 0.25) is 0 Å². The van der Waals surface area contributed by atoms with Crippen LogP contribution in [-0.4, -0.2) is 50.9 Å². The summed E-state index contributed by atoms with van der Waals surface area (Å²) in [5.74, 6) is -0.669. The summed E-state index contributed by atoms with van der Waals surface area (Å²) in [6.07, 6.45) is 1.44. The summed E-state index contributed by atoms with van der Waals surface area (Å²) >= 11 is 0. The minimum atomic E-state index is -0.562. The van der Waals surface area contributed by atoms with Crippen molar-refractivity contribution in [2.75, 3.05) is 24.7 Å². The second-order valence-electron chi connectivity index (χ2n) is 5.40. The van der Waals surface area contributed by atoms with Gasteiger partial charge in [0.1, 0.15) is 6.54 Å². The SMILES string of the molecule is CN(C)C(=O)Nc1cn(CC(=O)Nc2ccc3oc(=O)[nH]c3c2)nn1. The lowest BCUT2D eigenvalue weighted by molar-refractivity contribution is -0.116. The first-order chi connectivity index (χ1) is 11.9. The highest BCUT2D eigenvalue weighted by Gasteiger charge is 2.10. The van der Waals surface area contributed by atoms with Crippen LogP contribution in [0.25, 0.3) is 11.1 Å². The molecule has 11 heteroatoms. The van der Waals surface area contributed by atoms with E-state index >= 15 is 0 Å². The summed E-state index contributed by atoms with van der Waals surface area (Å²) in [5, 5.41) is 12.7. The number of urea groups is 1. The molecule has 0 aliphatic carbocycles. The van der Waals surface area contributed by atoms with E-state index < -0.39 is 5.76 Å². The molecule has 2 heterocycles. The first-order valence-corrected chi connectivity index (χ1v) is 7.22. The lowest BCUT2D eigenvalue weighted by atomic mass is 10.3. The Labute approximate surface area is 140 Å². The zero-order chi connectivity index (χ0) is 18.0. The highest BCUT2D eigenvalue weighted by Crippen LogP contribution is 2.16. The van der Waals surface area contributed by atoms with Gasteiger partial charge in [0.15, 0.2) is 11.4 Å². The molecule has 25 heavy (non-hydrogen) atoms. The Morgan fingerprint density at radius 2 is 2.12 bits per heavy atom. The van der Waals surface area contributed by atoms with E-state index in [0.717, 1.165) is 0 Å². The van der Waals surface area contributed by atoms with Gasteiger partial charge in [-0.25, -0.2) is 14.3 Å². The minimum absolute atomic E-state index is 0.0925. The Hall–Kier alpha value is -3.63. The van der Waals surface area contributed by atoms with E-state index in [1.165, 1.54) is 15.8 Å². The van der Waals surface area contributed by atoms with E-state index in [4.69, 9.17) is 4.42 Å². The third-order valence-electron chi connectivity index (χ3n) is 3.19. The molecule has 0 bridgehead atoms. The van der Waals surface area contributed by atoms with Crippen LogP contribution >= 0.6 is 0 Å². The average Bonchev–Trinajstić information content (AvgIpc) is 3.11. The standard InChI is InChI=1S/C14H15N7O4/c1-20(2)13(23)17-11-6-21(19-18-11)7-12(22)15-8-3-4-10-9(5-8)16-14(24)25-10/h3-6H,7H2,1-2H3,(H,15,22)(H,16,24)(H,17,23). The van der Waals surface area contributed by atoms with E-state index in [9.17, 15) is 14.4 Å². The number of aromatic nitrogens is 4. The van der Waals surface area contributed by atoms with Crippen LogP contribution in [0.5, 0.6) is 0 Å². The van der Waals surface area contributed by atoms with Crippen molar-refractivity contribution in [2.24, 2.45) is 0 Å². The van der Waals surface area contributed by atoms with Gasteiger partial charge in [0.2, 0.25) is 5.91 Å². The Balaban J connectivity index is 1.62. The monoisotopic (exact) mass is 345 g/mol. The van der Waals surface area contributed by atoms with E-state index in [-0.39, 0.29) is 24.3 Å². The number of benzene rings is 1. The van der Waals surface area contributed by atoms with E-state index in [0.29, 0.717) is 16.8 Å². The molecule has 3 rings (SSSR count). The van der Waals surface area contributed by atoms with Crippen molar-refractivity contribution in [1.29, 1.82) is 0 Å². The molecule has 0 unspecified atom stereocenters. The molecule has 3 N–H and O–H groups in total. The fourth-order valence-corrected chi connectivity index (χ4v) is 2.03. The molecule has 130 valence electrons. The molecule has 11 nitrogen and oxygen atoms in total. The van der Waals surface area contributed by atoms with E-state index in [1.54, 1.807) is 32.3 Å². The summed E-state index contributed by atoms with van der Waals surface area (Å²) < 4.78 is 6.18. The average molecular weight is 345 g/mol. The first-order valence-electron chi connectivity index (χ1n) is 7.22. The second-order valence-corrected chi connectivity index (χ2v) is 5.40. The Kier molecular flexibility index (Phi) is 4.20. The van der Waals surface area contributed by atoms with Crippen LogP contribution in [0.1, 0.15) is 0 Å². The maximum absolute atomic E-state index is 12.1. The van der Waals surface area contributed by atoms with Crippen molar-refractivity contribution < 1.29 is 14.0 Å². The number of oxazole rings is 1. The number of nitrogens with one attached hydrogen (secondary N) is 3. The van der Waals surface area contributed by atoms with Gasteiger partial charge in [0, 0.05) is 19.8 Å². The fourth-order valence-electron chi connectivity index (χ4n) is 2.03. The summed E-state index contributed by atoms with van der Waals surface area (Å²) in [4.78, 5) is 38.6. The van der Waals surface area contributed by atoms with Gasteiger partial charge in [-0.05, 0) is 18.2 Å². The molecule has 3 amide bonds. The molecule has 0 saturated carbocycles. The van der Waals surface area contributed by atoms with Crippen molar-refractivity contribution in [2.45, 2.75) is 6.54 Å². The summed E-state index contributed by atoms with van der Waals surface area (Å²) in [7, 11) is 3.19. The minimum Gasteiger partial charge on any atom is -0.408 e. The van der Waals surface area contributed by atoms with Crippen molar-refractivity contribution in [3.05, 3.63) is 34.9 Å². The Morgan fingerprint density at radius 1 is 1.32 bits per heavy atom. The van der Waals surface area contributed by atoms with E-state index in [1.807, 2.05) is 0 Å². The van der Waals surface area contributed by atoms with Gasteiger partial charge in [0.05, 0.1) is 11.7 Å². The normalized spacial score (nSPS) is 10.6. The molecule has 0 fully saturated rings. The third kappa shape index (κ3) is 3.83. The van der Waals surface area contributed by atoms with Gasteiger partial charge in [0.25, 0.3) is 0 Å². The number of carbonyl (C=O) groups is 2. The topological polar surface area (TPSA) is 138 Å². The number of rotatable bonds is 4. The van der Waals surface area contributed by atoms with Crippen molar-refractivity contribution in [3.63, 3.8) is 0 Å². The molecule has 0 atom stereocenters. The Bertz CT molecular complexity index is 984. The van der Waals surface area contributed by atoms with Crippen LogP contribution in [0.3, 0.4) is 0 Å². The van der Waals surface area contributed by atoms with Crippen molar-refractivity contribution >= 4 is 34.5 Å². The molecule has 1 aromatic carbocycles. The zero-order valence-corrected chi connectivity index (χ0v) is 13.4. The maximum Gasteiger partial charge on any atom is 0.417 e. The number of H-pyrrole nitrogens is 1. The van der Waals surface area contributed by atoms with Gasteiger partial charge >= 0.3 is 11.8 Å². The molecule has 3 aromatic rings. The van der Waals surface area contributed by atoms with E-state index in [2.05, 4.69) is 25.9 Å². The van der Waals surface area contributed by atoms with Crippen molar-refractivity contribution in [1.82, 2.24) is 24.9 Å². The molecule has 0 aliphatic heterocycles. The van der Waals surface area contributed by atoms with Gasteiger partial charge in [-0.1, -0.05) is 5.21 Å². The summed E-state index contributed by atoms with van der Waals surface area (Å²) in [6.45, 7) is -0.0925. The number of amides is 3.